The Morgan fingerprint density at radius 3 is 2.67 bits per heavy atom. The Hall–Kier alpha value is -1.30. The molecule has 0 aromatic heterocycles. The van der Waals surface area contributed by atoms with E-state index in [9.17, 15) is 9.59 Å². The minimum absolute atomic E-state index is 0.400. The normalized spacial score (nSPS) is 15.5. The molecule has 0 radical (unpaired) electrons. The number of hydrogen-bond donors (Lipinski definition) is 2. The lowest BCUT2D eigenvalue weighted by Gasteiger charge is -2.29. The number of nitrogens with zero attached hydrogens (tertiary/aromatic N) is 1. The molecular formula is C9H16N2O4. The summed E-state index contributed by atoms with van der Waals surface area (Å²) in [5, 5.41) is 8.27. The van der Waals surface area contributed by atoms with Crippen LogP contribution in [0.15, 0.2) is 0 Å². The van der Waals surface area contributed by atoms with Crippen LogP contribution in [0.25, 0.3) is 0 Å². The number of carbonyl (C=O) groups is 2. The van der Waals surface area contributed by atoms with Crippen LogP contribution in [-0.4, -0.2) is 42.2 Å². The van der Waals surface area contributed by atoms with Crippen molar-refractivity contribution in [3.63, 3.8) is 0 Å². The Morgan fingerprint density at radius 1 is 1.53 bits per heavy atom. The molecule has 0 spiro atoms. The van der Waals surface area contributed by atoms with Gasteiger partial charge in [0.2, 0.25) is 0 Å². The first-order valence-corrected chi connectivity index (χ1v) is 4.94. The Kier molecular flexibility index (Phi) is 4.36. The van der Waals surface area contributed by atoms with E-state index < -0.39 is 18.6 Å². The van der Waals surface area contributed by atoms with Gasteiger partial charge in [-0.25, -0.2) is 15.1 Å². The summed E-state index contributed by atoms with van der Waals surface area (Å²) in [5.41, 5.74) is 2.07. The molecule has 0 unspecified atom stereocenters. The van der Waals surface area contributed by atoms with Gasteiger partial charge in [-0.05, 0) is 18.8 Å². The molecule has 6 nitrogen and oxygen atoms in total. The molecule has 2 N–H and O–H groups in total. The second-order valence-electron chi connectivity index (χ2n) is 3.77. The maximum Gasteiger partial charge on any atom is 0.341 e. The molecule has 0 aromatic rings. The molecule has 0 aliphatic heterocycles. The average Bonchev–Trinajstić information content (AvgIpc) is 2.10. The lowest BCUT2D eigenvalue weighted by molar-refractivity contribution is -0.144. The number of aliphatic carboxylic acids is 1. The summed E-state index contributed by atoms with van der Waals surface area (Å²) in [7, 11) is 1.66. The van der Waals surface area contributed by atoms with Crippen LogP contribution in [0.1, 0.15) is 19.3 Å². The van der Waals surface area contributed by atoms with E-state index in [2.05, 4.69) is 10.3 Å². The molecule has 0 heterocycles. The highest BCUT2D eigenvalue weighted by molar-refractivity contribution is 5.73. The minimum atomic E-state index is -1.11. The fourth-order valence-electron chi connectivity index (χ4n) is 1.38. The van der Waals surface area contributed by atoms with E-state index in [-0.39, 0.29) is 0 Å². The second kappa shape index (κ2) is 5.55. The van der Waals surface area contributed by atoms with Gasteiger partial charge in [-0.2, -0.15) is 0 Å². The van der Waals surface area contributed by atoms with Crippen molar-refractivity contribution in [3.8, 4) is 0 Å². The van der Waals surface area contributed by atoms with E-state index in [1.54, 1.807) is 7.05 Å². The van der Waals surface area contributed by atoms with Crippen molar-refractivity contribution in [1.82, 2.24) is 10.4 Å². The van der Waals surface area contributed by atoms with Crippen LogP contribution in [-0.2, 0) is 9.63 Å². The van der Waals surface area contributed by atoms with Gasteiger partial charge in [0.15, 0.2) is 6.61 Å². The first-order valence-electron chi connectivity index (χ1n) is 4.94. The highest BCUT2D eigenvalue weighted by Gasteiger charge is 2.21. The zero-order valence-electron chi connectivity index (χ0n) is 8.73. The predicted octanol–water partition coefficient (Wildman–Crippen LogP) is 0.444. The number of carboxylic acid groups (broad SMARTS) is 1. The predicted molar refractivity (Wildman–Crippen MR) is 52.1 cm³/mol. The van der Waals surface area contributed by atoms with Crippen LogP contribution >= 0.6 is 0 Å². The molecule has 0 saturated heterocycles. The van der Waals surface area contributed by atoms with Crippen molar-refractivity contribution in [2.24, 2.45) is 5.92 Å². The number of hydrogen-bond acceptors (Lipinski definition) is 3. The first-order chi connectivity index (χ1) is 7.09. The zero-order chi connectivity index (χ0) is 11.3. The van der Waals surface area contributed by atoms with Crippen LogP contribution in [0, 0.1) is 5.92 Å². The van der Waals surface area contributed by atoms with Crippen LogP contribution in [0.3, 0.4) is 0 Å². The second-order valence-corrected chi connectivity index (χ2v) is 3.77. The molecule has 86 valence electrons. The largest absolute Gasteiger partial charge is 0.479 e. The summed E-state index contributed by atoms with van der Waals surface area (Å²) in [6, 6.07) is -0.400. The standard InChI is InChI=1S/C9H16N2O4/c1-11(5-7-3-2-4-7)9(14)10-15-6-8(12)13/h7H,2-6H2,1H3,(H,10,14)(H,12,13). The van der Waals surface area contributed by atoms with Gasteiger partial charge in [0.25, 0.3) is 0 Å². The molecule has 1 saturated carbocycles. The topological polar surface area (TPSA) is 78.9 Å². The molecule has 2 amide bonds. The van der Waals surface area contributed by atoms with Crippen molar-refractivity contribution in [3.05, 3.63) is 0 Å². The fourth-order valence-corrected chi connectivity index (χ4v) is 1.38. The number of nitrogens with one attached hydrogen (secondary N) is 1. The lowest BCUT2D eigenvalue weighted by Crippen LogP contribution is -2.41. The number of rotatable bonds is 5. The smallest absolute Gasteiger partial charge is 0.341 e. The third-order valence-electron chi connectivity index (χ3n) is 2.46. The number of hydroxylamine groups is 1. The molecule has 0 aromatic carbocycles. The Bertz CT molecular complexity index is 240. The fraction of sp³-hybridized carbons (Fsp3) is 0.778. The van der Waals surface area contributed by atoms with E-state index >= 15 is 0 Å². The van der Waals surface area contributed by atoms with Gasteiger partial charge in [0.05, 0.1) is 0 Å². The van der Waals surface area contributed by atoms with Gasteiger partial charge in [-0.3, -0.25) is 4.84 Å². The molecule has 0 bridgehead atoms. The first kappa shape index (κ1) is 11.8. The number of carbonyl (C=O) groups excluding carboxylic acids is 1. The van der Waals surface area contributed by atoms with Gasteiger partial charge in [-0.15, -0.1) is 0 Å². The molecule has 1 aliphatic rings. The Labute approximate surface area is 88.1 Å². The number of carboxylic acids is 1. The summed E-state index contributed by atoms with van der Waals surface area (Å²) in [4.78, 5) is 27.4. The van der Waals surface area contributed by atoms with Gasteiger partial charge in [0, 0.05) is 13.6 Å². The number of urea groups is 1. The van der Waals surface area contributed by atoms with Crippen LogP contribution in [0.5, 0.6) is 0 Å². The van der Waals surface area contributed by atoms with Crippen molar-refractivity contribution < 1.29 is 19.5 Å². The lowest BCUT2D eigenvalue weighted by atomic mass is 9.85. The average molecular weight is 216 g/mol. The van der Waals surface area contributed by atoms with Crippen molar-refractivity contribution in [2.75, 3.05) is 20.2 Å². The van der Waals surface area contributed by atoms with E-state index in [0.717, 1.165) is 12.8 Å². The molecule has 15 heavy (non-hydrogen) atoms. The maximum atomic E-state index is 11.3. The molecule has 6 heteroatoms. The van der Waals surface area contributed by atoms with E-state index in [0.29, 0.717) is 12.5 Å². The monoisotopic (exact) mass is 216 g/mol. The summed E-state index contributed by atoms with van der Waals surface area (Å²) in [6.45, 7) is 0.172. The van der Waals surface area contributed by atoms with E-state index in [1.165, 1.54) is 11.3 Å². The quantitative estimate of drug-likeness (QED) is 0.654. The van der Waals surface area contributed by atoms with Gasteiger partial charge in [-0.1, -0.05) is 6.42 Å². The van der Waals surface area contributed by atoms with Gasteiger partial charge >= 0.3 is 12.0 Å². The molecule has 0 atom stereocenters. The van der Waals surface area contributed by atoms with Crippen LogP contribution in [0.4, 0.5) is 4.79 Å². The zero-order valence-corrected chi connectivity index (χ0v) is 8.73. The Balaban J connectivity index is 2.11. The van der Waals surface area contributed by atoms with Crippen molar-refractivity contribution in [1.29, 1.82) is 0 Å². The Morgan fingerprint density at radius 2 is 2.20 bits per heavy atom. The van der Waals surface area contributed by atoms with E-state index in [1.807, 2.05) is 0 Å². The summed E-state index contributed by atoms with van der Waals surface area (Å²) in [6.07, 6.45) is 3.55. The highest BCUT2D eigenvalue weighted by Crippen LogP contribution is 2.26. The van der Waals surface area contributed by atoms with Crippen molar-refractivity contribution >= 4 is 12.0 Å². The van der Waals surface area contributed by atoms with E-state index in [4.69, 9.17) is 5.11 Å². The van der Waals surface area contributed by atoms with Crippen molar-refractivity contribution in [2.45, 2.75) is 19.3 Å². The molecule has 1 rings (SSSR count). The molecule has 1 fully saturated rings. The molecular weight excluding hydrogens is 200 g/mol. The minimum Gasteiger partial charge on any atom is -0.479 e. The molecule has 1 aliphatic carbocycles. The number of amides is 2. The third-order valence-corrected chi connectivity index (χ3v) is 2.46. The summed E-state index contributed by atoms with van der Waals surface area (Å²) < 4.78 is 0. The SMILES string of the molecule is CN(CC1CCC1)C(=O)NOCC(=O)O. The van der Waals surface area contributed by atoms with Gasteiger partial charge in [0.1, 0.15) is 0 Å². The summed E-state index contributed by atoms with van der Waals surface area (Å²) >= 11 is 0. The van der Waals surface area contributed by atoms with Crippen LogP contribution in [0.2, 0.25) is 0 Å². The highest BCUT2D eigenvalue weighted by atomic mass is 16.7. The maximum absolute atomic E-state index is 11.3. The van der Waals surface area contributed by atoms with Gasteiger partial charge < -0.3 is 10.0 Å². The van der Waals surface area contributed by atoms with Crippen LogP contribution < -0.4 is 5.48 Å². The summed E-state index contributed by atoms with van der Waals surface area (Å²) in [5.74, 6) is -0.530. The third kappa shape index (κ3) is 4.16.